The van der Waals surface area contributed by atoms with Crippen LogP contribution in [-0.4, -0.2) is 0 Å². The van der Waals surface area contributed by atoms with Crippen LogP contribution in [-0.2, 0) is 6.42 Å². The number of para-hydroxylation sites is 1. The van der Waals surface area contributed by atoms with E-state index in [1.165, 1.54) is 43.8 Å². The van der Waals surface area contributed by atoms with Crippen molar-refractivity contribution in [2.75, 3.05) is 5.32 Å². The van der Waals surface area contributed by atoms with Crippen LogP contribution in [0.1, 0.15) is 11.1 Å². The Morgan fingerprint density at radius 3 is 1.70 bits per heavy atom. The van der Waals surface area contributed by atoms with Crippen LogP contribution in [0.15, 0.2) is 205 Å². The number of rotatable bonds is 7. The van der Waals surface area contributed by atoms with Crippen molar-refractivity contribution in [3.63, 3.8) is 0 Å². The zero-order valence-corrected chi connectivity index (χ0v) is 29.5. The smallest absolute Gasteiger partial charge is 0.147 e. The van der Waals surface area contributed by atoms with Gasteiger partial charge in [-0.15, -0.1) is 0 Å². The minimum atomic E-state index is -0.269. The van der Waals surface area contributed by atoms with Crippen LogP contribution in [0.2, 0.25) is 0 Å². The molecular weight excluding hydrogens is 662 g/mol. The number of furan rings is 1. The molecule has 0 unspecified atom stereocenters. The lowest BCUT2D eigenvalue weighted by Gasteiger charge is -2.16. The van der Waals surface area contributed by atoms with E-state index in [-0.39, 0.29) is 5.82 Å². The average Bonchev–Trinajstić information content (AvgIpc) is 3.64. The lowest BCUT2D eigenvalue weighted by molar-refractivity contribution is 0.633. The third kappa shape index (κ3) is 6.48. The summed E-state index contributed by atoms with van der Waals surface area (Å²) >= 11 is 0. The van der Waals surface area contributed by atoms with Crippen LogP contribution in [0.25, 0.3) is 66.1 Å². The Kier molecular flexibility index (Phi) is 8.88. The molecule has 0 saturated heterocycles. The first-order valence-corrected chi connectivity index (χ1v) is 18.2. The number of halogens is 1. The van der Waals surface area contributed by atoms with Gasteiger partial charge in [0.25, 0.3) is 0 Å². The molecule has 0 aliphatic rings. The molecule has 0 bridgehead atoms. The number of anilines is 2. The number of nitrogens with one attached hydrogen (secondary N) is 1. The molecule has 0 fully saturated rings. The van der Waals surface area contributed by atoms with Crippen molar-refractivity contribution in [2.45, 2.75) is 6.42 Å². The van der Waals surface area contributed by atoms with Gasteiger partial charge in [-0.3, -0.25) is 0 Å². The molecule has 10 rings (SSSR count). The molecule has 0 aliphatic heterocycles. The molecule has 3 heteroatoms. The predicted molar refractivity (Wildman–Crippen MR) is 224 cm³/mol. The van der Waals surface area contributed by atoms with Gasteiger partial charge in [0.2, 0.25) is 0 Å². The molecule has 9 aromatic carbocycles. The van der Waals surface area contributed by atoms with Crippen LogP contribution >= 0.6 is 0 Å². The van der Waals surface area contributed by atoms with Crippen LogP contribution in [0, 0.1) is 5.82 Å². The summed E-state index contributed by atoms with van der Waals surface area (Å²) in [7, 11) is 0. The molecule has 0 saturated carbocycles. The Hall–Kier alpha value is -6.97. The number of hydrogen-bond donors (Lipinski definition) is 1. The van der Waals surface area contributed by atoms with Gasteiger partial charge in [0.15, 0.2) is 0 Å². The van der Waals surface area contributed by atoms with Crippen molar-refractivity contribution in [3.05, 3.63) is 217 Å². The fourth-order valence-corrected chi connectivity index (χ4v) is 7.44. The highest BCUT2D eigenvalue weighted by Crippen LogP contribution is 2.40. The molecule has 0 amide bonds. The molecule has 2 nitrogen and oxygen atoms in total. The van der Waals surface area contributed by atoms with E-state index in [1.807, 2.05) is 97.1 Å². The Labute approximate surface area is 314 Å². The van der Waals surface area contributed by atoms with E-state index in [2.05, 4.69) is 102 Å². The minimum absolute atomic E-state index is 0.269. The van der Waals surface area contributed by atoms with E-state index in [0.29, 0.717) is 5.69 Å². The van der Waals surface area contributed by atoms with E-state index >= 15 is 4.39 Å². The van der Waals surface area contributed by atoms with Gasteiger partial charge >= 0.3 is 0 Å². The zero-order chi connectivity index (χ0) is 36.3. The third-order valence-electron chi connectivity index (χ3n) is 10.0. The van der Waals surface area contributed by atoms with Gasteiger partial charge < -0.3 is 9.73 Å². The summed E-state index contributed by atoms with van der Waals surface area (Å²) in [5, 5.41) is 8.22. The third-order valence-corrected chi connectivity index (χ3v) is 10.0. The lowest BCUT2D eigenvalue weighted by Crippen LogP contribution is -1.98. The minimum Gasteiger partial charge on any atom is -0.456 e. The van der Waals surface area contributed by atoms with E-state index in [0.717, 1.165) is 45.5 Å². The Morgan fingerprint density at radius 1 is 0.426 bits per heavy atom. The first-order valence-electron chi connectivity index (χ1n) is 18.2. The molecule has 1 N–H and O–H groups in total. The average molecular weight is 698 g/mol. The van der Waals surface area contributed by atoms with Crippen LogP contribution in [0.3, 0.4) is 0 Å². The van der Waals surface area contributed by atoms with E-state index in [4.69, 9.17) is 4.42 Å². The molecule has 0 atom stereocenters. The summed E-state index contributed by atoms with van der Waals surface area (Å²) in [6.45, 7) is 0. The molecular formula is C51H36FNO. The van der Waals surface area contributed by atoms with E-state index < -0.39 is 0 Å². The Bertz CT molecular complexity index is 2810. The molecule has 10 aromatic rings. The largest absolute Gasteiger partial charge is 0.456 e. The highest BCUT2D eigenvalue weighted by Gasteiger charge is 2.17. The number of hydrogen-bond acceptors (Lipinski definition) is 2. The quantitative estimate of drug-likeness (QED) is 0.168. The molecule has 0 spiro atoms. The van der Waals surface area contributed by atoms with Crippen LogP contribution in [0.5, 0.6) is 0 Å². The predicted octanol–water partition coefficient (Wildman–Crippen LogP) is 14.3. The second-order valence-corrected chi connectivity index (χ2v) is 13.5. The van der Waals surface area contributed by atoms with Gasteiger partial charge in [-0.05, 0) is 80.0 Å². The molecule has 0 radical (unpaired) electrons. The highest BCUT2D eigenvalue weighted by molar-refractivity contribution is 6.22. The fourth-order valence-electron chi connectivity index (χ4n) is 7.44. The van der Waals surface area contributed by atoms with Gasteiger partial charge in [0.1, 0.15) is 17.0 Å². The summed E-state index contributed by atoms with van der Waals surface area (Å²) in [5.41, 5.74) is 12.1. The lowest BCUT2D eigenvalue weighted by atomic mass is 9.93. The van der Waals surface area contributed by atoms with Crippen LogP contribution < -0.4 is 5.32 Å². The summed E-state index contributed by atoms with van der Waals surface area (Å²) in [4.78, 5) is 0. The van der Waals surface area contributed by atoms with Crippen LogP contribution in [0.4, 0.5) is 15.8 Å². The maximum Gasteiger partial charge on any atom is 0.147 e. The molecule has 1 aromatic heterocycles. The van der Waals surface area contributed by atoms with Gasteiger partial charge in [-0.25, -0.2) is 4.39 Å². The zero-order valence-electron chi connectivity index (χ0n) is 29.5. The van der Waals surface area contributed by atoms with E-state index in [1.54, 1.807) is 6.07 Å². The molecule has 258 valence electrons. The maximum atomic E-state index is 15.1. The Morgan fingerprint density at radius 2 is 1.00 bits per heavy atom. The SMILES string of the molecule is Fc1cc(-c2ccccc2)cc(-c2ccccc2)c1Nc1ccccc1.c1ccc(-c2ccccc2Cc2ccc3ccc4cccc5oc2c3c45)cc1. The normalized spacial score (nSPS) is 11.1. The van der Waals surface area contributed by atoms with Crippen molar-refractivity contribution >= 4 is 44.1 Å². The van der Waals surface area contributed by atoms with Crippen molar-refractivity contribution in [1.29, 1.82) is 0 Å². The maximum absolute atomic E-state index is 15.1. The molecule has 54 heavy (non-hydrogen) atoms. The summed E-state index contributed by atoms with van der Waals surface area (Å²) in [6.07, 6.45) is 0.848. The number of benzene rings is 9. The molecule has 0 aliphatic carbocycles. The van der Waals surface area contributed by atoms with Crippen molar-refractivity contribution in [2.24, 2.45) is 0 Å². The second kappa shape index (κ2) is 14.6. The summed E-state index contributed by atoms with van der Waals surface area (Å²) < 4.78 is 21.5. The van der Waals surface area contributed by atoms with Crippen molar-refractivity contribution in [3.8, 4) is 33.4 Å². The highest BCUT2D eigenvalue weighted by atomic mass is 19.1. The first-order chi connectivity index (χ1) is 26.7. The first kappa shape index (κ1) is 32.9. The molecule has 1 heterocycles. The van der Waals surface area contributed by atoms with E-state index in [9.17, 15) is 0 Å². The van der Waals surface area contributed by atoms with Gasteiger partial charge in [-0.2, -0.15) is 0 Å². The van der Waals surface area contributed by atoms with Gasteiger partial charge in [-0.1, -0.05) is 170 Å². The second-order valence-electron chi connectivity index (χ2n) is 13.5. The summed E-state index contributed by atoms with van der Waals surface area (Å²) in [5.74, 6) is -0.269. The van der Waals surface area contributed by atoms with Gasteiger partial charge in [0, 0.05) is 28.4 Å². The fraction of sp³-hybridized carbons (Fsp3) is 0.0196. The van der Waals surface area contributed by atoms with Crippen molar-refractivity contribution in [1.82, 2.24) is 0 Å². The van der Waals surface area contributed by atoms with Crippen molar-refractivity contribution < 1.29 is 8.81 Å². The topological polar surface area (TPSA) is 25.2 Å². The van der Waals surface area contributed by atoms with Gasteiger partial charge in [0.05, 0.1) is 5.69 Å². The summed E-state index contributed by atoms with van der Waals surface area (Å²) in [6, 6.07) is 67.5. The monoisotopic (exact) mass is 697 g/mol. The standard InChI is InChI=1S/C27H18O.C24H18FN/c1-2-7-18(8-3-1)23-11-5-4-9-21(23)17-22-16-15-20-14-13-19-10-6-12-24-25(19)26(20)27(22)28-24;25-23-17-20(18-10-4-1-5-11-18)16-22(19-12-6-2-7-13-19)24(23)26-21-14-8-3-9-15-21/h1-16H,17H2;1-17,26H. The Balaban J connectivity index is 0.000000143.